The van der Waals surface area contributed by atoms with Crippen LogP contribution in [0.25, 0.3) is 0 Å². The zero-order valence-electron chi connectivity index (χ0n) is 15.1. The predicted octanol–water partition coefficient (Wildman–Crippen LogP) is 8.34. The summed E-state index contributed by atoms with van der Waals surface area (Å²) in [6.07, 6.45) is -12.9. The average molecular weight is 600 g/mol. The molecule has 0 spiro atoms. The highest BCUT2D eigenvalue weighted by Crippen LogP contribution is 2.66. The van der Waals surface area contributed by atoms with Crippen LogP contribution < -0.4 is 0 Å². The molecule has 0 radical (unpaired) electrons. The first-order valence-electron chi connectivity index (χ1n) is 7.29. The minimum Gasteiger partial charge on any atom is -0.199 e. The van der Waals surface area contributed by atoms with Crippen molar-refractivity contribution < 1.29 is 105 Å². The van der Waals surface area contributed by atoms with E-state index >= 15 is 0 Å². The van der Waals surface area contributed by atoms with Crippen LogP contribution in [0.2, 0.25) is 0 Å². The Balaban J connectivity index is 7.21. The number of halogens is 24. The fourth-order valence-electron chi connectivity index (χ4n) is 1.81. The summed E-state index contributed by atoms with van der Waals surface area (Å²) in [4.78, 5) is 0. The van der Waals surface area contributed by atoms with Crippen molar-refractivity contribution in [3.8, 4) is 0 Å². The molecule has 0 aromatic rings. The van der Waals surface area contributed by atoms with Crippen LogP contribution in [-0.2, 0) is 0 Å². The smallest absolute Gasteiger partial charge is 0.199 e. The number of allylic oxidation sites excluding steroid dienone is 1. The first-order chi connectivity index (χ1) is 15.1. The molecular weight excluding hydrogens is 600 g/mol. The van der Waals surface area contributed by atoms with Crippen LogP contribution in [0, 0.1) is 0 Å². The Labute approximate surface area is 178 Å². The molecule has 0 unspecified atom stereocenters. The number of hydrogen-bond donors (Lipinski definition) is 0. The third-order valence-electron chi connectivity index (χ3n) is 3.95. The van der Waals surface area contributed by atoms with Crippen LogP contribution in [0.4, 0.5) is 105 Å². The topological polar surface area (TPSA) is 0 Å². The normalized spacial score (nSPS) is 16.3. The highest BCUT2D eigenvalue weighted by molar-refractivity contribution is 5.21. The van der Waals surface area contributed by atoms with Crippen molar-refractivity contribution in [3.05, 3.63) is 11.9 Å². The molecule has 0 aliphatic carbocycles. The molecule has 0 aromatic carbocycles. The molecule has 0 nitrogen and oxygen atoms in total. The van der Waals surface area contributed by atoms with E-state index in [4.69, 9.17) is 0 Å². The zero-order chi connectivity index (χ0) is 30.2. The maximum absolute atomic E-state index is 13.3. The average Bonchev–Trinajstić information content (AvgIpc) is 2.64. The second-order valence-corrected chi connectivity index (χ2v) is 6.24. The van der Waals surface area contributed by atoms with Gasteiger partial charge in [0.25, 0.3) is 0 Å². The molecular formula is C12F24. The van der Waals surface area contributed by atoms with Crippen molar-refractivity contribution >= 4 is 0 Å². The van der Waals surface area contributed by atoms with Crippen molar-refractivity contribution in [2.75, 3.05) is 0 Å². The molecule has 0 aliphatic rings. The molecule has 0 rings (SSSR count). The largest absolute Gasteiger partial charge is 0.460 e. The lowest BCUT2D eigenvalue weighted by atomic mass is 9.86. The SMILES string of the molecule is FC(F)=C(F)C(F)(F)C(F)(F)C(F)(F)C(F)(F)C(F)(F)C(F)(F)C(F)(F)C(F)(F)C(F)(F)C(F)(F)F. The van der Waals surface area contributed by atoms with Crippen molar-refractivity contribution in [1.29, 1.82) is 0 Å². The molecule has 24 heteroatoms. The Bertz CT molecular complexity index is 849. The van der Waals surface area contributed by atoms with Crippen molar-refractivity contribution in [3.63, 3.8) is 0 Å². The Kier molecular flexibility index (Phi) is 7.83. The lowest BCUT2D eigenvalue weighted by Gasteiger charge is -2.44. The Morgan fingerprint density at radius 2 is 0.472 bits per heavy atom. The van der Waals surface area contributed by atoms with Gasteiger partial charge >= 0.3 is 65.6 Å². The van der Waals surface area contributed by atoms with Gasteiger partial charge in [-0.1, -0.05) is 0 Å². The number of rotatable bonds is 9. The quantitative estimate of drug-likeness (QED) is 0.234. The van der Waals surface area contributed by atoms with Crippen LogP contribution in [0.15, 0.2) is 11.9 Å². The van der Waals surface area contributed by atoms with Gasteiger partial charge in [0.2, 0.25) is 5.83 Å². The van der Waals surface area contributed by atoms with Crippen LogP contribution in [0.1, 0.15) is 0 Å². The molecule has 0 heterocycles. The molecule has 36 heavy (non-hydrogen) atoms. The van der Waals surface area contributed by atoms with Crippen molar-refractivity contribution in [1.82, 2.24) is 0 Å². The van der Waals surface area contributed by atoms with Gasteiger partial charge < -0.3 is 0 Å². The first-order valence-corrected chi connectivity index (χ1v) is 7.29. The molecule has 0 bridgehead atoms. The molecule has 0 N–H and O–H groups in total. The molecule has 216 valence electrons. The van der Waals surface area contributed by atoms with E-state index in [0.717, 1.165) is 0 Å². The lowest BCUT2D eigenvalue weighted by molar-refractivity contribution is -0.473. The van der Waals surface area contributed by atoms with Crippen LogP contribution in [0.5, 0.6) is 0 Å². The van der Waals surface area contributed by atoms with Crippen LogP contribution in [0.3, 0.4) is 0 Å². The molecule has 0 amide bonds. The summed E-state index contributed by atoms with van der Waals surface area (Å²) in [5.41, 5.74) is 0. The zero-order valence-corrected chi connectivity index (χ0v) is 15.1. The van der Waals surface area contributed by atoms with E-state index in [1.54, 1.807) is 0 Å². The second-order valence-electron chi connectivity index (χ2n) is 6.24. The first kappa shape index (κ1) is 34.1. The molecule has 0 aromatic heterocycles. The van der Waals surface area contributed by atoms with Gasteiger partial charge in [0.05, 0.1) is 0 Å². The third-order valence-corrected chi connectivity index (χ3v) is 3.95. The van der Waals surface area contributed by atoms with Gasteiger partial charge in [0.1, 0.15) is 0 Å². The fraction of sp³-hybridized carbons (Fsp3) is 0.833. The Morgan fingerprint density at radius 1 is 0.278 bits per heavy atom. The van der Waals surface area contributed by atoms with E-state index in [1.165, 1.54) is 0 Å². The number of hydrogen-bond acceptors (Lipinski definition) is 0. The van der Waals surface area contributed by atoms with Crippen LogP contribution >= 0.6 is 0 Å². The molecule has 0 aliphatic heterocycles. The minimum absolute atomic E-state index is 4.77. The van der Waals surface area contributed by atoms with Crippen LogP contribution in [-0.4, -0.2) is 59.5 Å². The van der Waals surface area contributed by atoms with E-state index in [0.29, 0.717) is 0 Å². The van der Waals surface area contributed by atoms with E-state index in [1.807, 2.05) is 0 Å². The summed E-state index contributed by atoms with van der Waals surface area (Å²) < 4.78 is 307. The number of alkyl halides is 21. The summed E-state index contributed by atoms with van der Waals surface area (Å²) in [5, 5.41) is 0. The van der Waals surface area contributed by atoms with Gasteiger partial charge in [-0.3, -0.25) is 0 Å². The van der Waals surface area contributed by atoms with Gasteiger partial charge in [-0.05, 0) is 0 Å². The maximum atomic E-state index is 13.3. The van der Waals surface area contributed by atoms with E-state index < -0.39 is 71.4 Å². The lowest BCUT2D eigenvalue weighted by Crippen LogP contribution is -2.76. The van der Waals surface area contributed by atoms with E-state index in [9.17, 15) is 105 Å². The van der Waals surface area contributed by atoms with E-state index in [-0.39, 0.29) is 0 Å². The second kappa shape index (κ2) is 8.28. The molecule has 0 fully saturated rings. The summed E-state index contributed by atoms with van der Waals surface area (Å²) in [6.45, 7) is 0. The summed E-state index contributed by atoms with van der Waals surface area (Å²) in [5.74, 6) is -86.1. The van der Waals surface area contributed by atoms with Gasteiger partial charge in [-0.2, -0.15) is 105 Å². The fourth-order valence-corrected chi connectivity index (χ4v) is 1.81. The standard InChI is InChI=1S/C12F24/c13-1(2(14)15)3(16,17)4(18,19)5(20,21)6(22,23)7(24,25)8(26,27)9(28,29)10(30,31)11(32,33)12(34,35)36. The Hall–Kier alpha value is -1.94. The molecule has 0 atom stereocenters. The molecule has 0 saturated heterocycles. The summed E-state index contributed by atoms with van der Waals surface area (Å²) >= 11 is 0. The maximum Gasteiger partial charge on any atom is 0.460 e. The monoisotopic (exact) mass is 600 g/mol. The predicted molar refractivity (Wildman–Crippen MR) is 60.9 cm³/mol. The Morgan fingerprint density at radius 3 is 0.667 bits per heavy atom. The van der Waals surface area contributed by atoms with Crippen molar-refractivity contribution in [2.24, 2.45) is 0 Å². The highest BCUT2D eigenvalue weighted by atomic mass is 19.4. The highest BCUT2D eigenvalue weighted by Gasteiger charge is 2.98. The van der Waals surface area contributed by atoms with Crippen molar-refractivity contribution in [2.45, 2.75) is 59.5 Å². The minimum atomic E-state index is -9.42. The molecule has 0 saturated carbocycles. The van der Waals surface area contributed by atoms with Gasteiger partial charge in [0.15, 0.2) is 0 Å². The van der Waals surface area contributed by atoms with Gasteiger partial charge in [-0.25, -0.2) is 0 Å². The summed E-state index contributed by atoms with van der Waals surface area (Å²) in [6, 6.07) is 0. The van der Waals surface area contributed by atoms with Gasteiger partial charge in [0, 0.05) is 0 Å². The van der Waals surface area contributed by atoms with E-state index in [2.05, 4.69) is 0 Å². The third kappa shape index (κ3) is 3.90. The van der Waals surface area contributed by atoms with Gasteiger partial charge in [-0.15, -0.1) is 0 Å². The summed E-state index contributed by atoms with van der Waals surface area (Å²) in [7, 11) is 0.